The molecule has 4 rings (SSSR count). The van der Waals surface area contributed by atoms with Gasteiger partial charge in [0.25, 0.3) is 5.91 Å². The second-order valence-electron chi connectivity index (χ2n) is 8.21. The molecule has 0 spiro atoms. The van der Waals surface area contributed by atoms with Gasteiger partial charge in [-0.25, -0.2) is 4.99 Å². The third-order valence-corrected chi connectivity index (χ3v) is 6.48. The third kappa shape index (κ3) is 6.46. The Labute approximate surface area is 216 Å². The highest BCUT2D eigenvalue weighted by atomic mass is 32.2. The molecule has 0 unspecified atom stereocenters. The zero-order valence-electron chi connectivity index (χ0n) is 20.6. The first-order valence-electron chi connectivity index (χ1n) is 12.1. The average molecular weight is 499 g/mol. The largest absolute Gasteiger partial charge is 0.490 e. The van der Waals surface area contributed by atoms with Gasteiger partial charge in [-0.3, -0.25) is 4.79 Å². The number of nitrogens with zero attached hydrogens (tertiary/aromatic N) is 1. The van der Waals surface area contributed by atoms with E-state index in [9.17, 15) is 4.79 Å². The molecule has 6 heteroatoms. The fourth-order valence-electron chi connectivity index (χ4n) is 3.79. The van der Waals surface area contributed by atoms with Crippen molar-refractivity contribution in [3.63, 3.8) is 0 Å². The first-order valence-corrected chi connectivity index (χ1v) is 12.9. The molecular formula is C30H30N2O3S. The van der Waals surface area contributed by atoms with Crippen LogP contribution >= 0.6 is 11.8 Å². The number of amides is 1. The Morgan fingerprint density at radius 1 is 1.00 bits per heavy atom. The van der Waals surface area contributed by atoms with Gasteiger partial charge in [-0.1, -0.05) is 55.5 Å². The Morgan fingerprint density at radius 2 is 1.78 bits per heavy atom. The molecule has 0 saturated carbocycles. The van der Waals surface area contributed by atoms with Crippen LogP contribution in [0.25, 0.3) is 6.08 Å². The Hall–Kier alpha value is -3.77. The van der Waals surface area contributed by atoms with Crippen LogP contribution in [-0.2, 0) is 24.2 Å². The lowest BCUT2D eigenvalue weighted by atomic mass is 10.0. The van der Waals surface area contributed by atoms with Crippen LogP contribution in [0.15, 0.2) is 89.3 Å². The Balaban J connectivity index is 1.60. The number of allylic oxidation sites excluding steroid dienone is 1. The minimum atomic E-state index is -0.170. The lowest BCUT2D eigenvalue weighted by molar-refractivity contribution is -0.115. The van der Waals surface area contributed by atoms with Crippen LogP contribution in [0.3, 0.4) is 0 Å². The molecule has 3 aromatic rings. The standard InChI is InChI=1S/C30H30N2O3S/c1-4-10-24-17-23(18-26(34-6-3)28(24)35-20-22-11-8-7-9-12-22)19-27-29(33)32-30(36-27)31-25-15-13-21(5-2)14-16-25/h4,7-9,11-19H,1,5-6,10,20H2,2-3H3,(H,31,32,33)/b27-19-. The van der Waals surface area contributed by atoms with E-state index >= 15 is 0 Å². The number of hydrogen-bond donors (Lipinski definition) is 1. The zero-order chi connectivity index (χ0) is 25.3. The number of hydrogen-bond acceptors (Lipinski definition) is 5. The Bertz CT molecular complexity index is 1280. The van der Waals surface area contributed by atoms with Crippen molar-refractivity contribution in [2.24, 2.45) is 4.99 Å². The van der Waals surface area contributed by atoms with Crippen LogP contribution in [-0.4, -0.2) is 17.7 Å². The molecule has 5 nitrogen and oxygen atoms in total. The number of amidine groups is 1. The molecule has 0 radical (unpaired) electrons. The predicted molar refractivity (Wildman–Crippen MR) is 149 cm³/mol. The predicted octanol–water partition coefficient (Wildman–Crippen LogP) is 6.85. The first kappa shape index (κ1) is 25.3. The summed E-state index contributed by atoms with van der Waals surface area (Å²) >= 11 is 1.33. The van der Waals surface area contributed by atoms with E-state index in [1.165, 1.54) is 17.3 Å². The van der Waals surface area contributed by atoms with Crippen molar-refractivity contribution in [1.82, 2.24) is 5.32 Å². The third-order valence-electron chi connectivity index (χ3n) is 5.57. The Morgan fingerprint density at radius 3 is 2.47 bits per heavy atom. The van der Waals surface area contributed by atoms with Crippen LogP contribution in [0, 0.1) is 0 Å². The lowest BCUT2D eigenvalue weighted by Crippen LogP contribution is -2.19. The van der Waals surface area contributed by atoms with Gasteiger partial charge in [0.2, 0.25) is 0 Å². The van der Waals surface area contributed by atoms with E-state index in [2.05, 4.69) is 35.9 Å². The molecule has 0 bridgehead atoms. The van der Waals surface area contributed by atoms with Crippen molar-refractivity contribution < 1.29 is 14.3 Å². The van der Waals surface area contributed by atoms with E-state index in [1.54, 1.807) is 0 Å². The number of thioether (sulfide) groups is 1. The molecule has 1 N–H and O–H groups in total. The Kier molecular flexibility index (Phi) is 8.63. The van der Waals surface area contributed by atoms with Crippen LogP contribution in [0.4, 0.5) is 5.69 Å². The van der Waals surface area contributed by atoms with E-state index in [1.807, 2.05) is 73.7 Å². The number of aliphatic imine (C=N–C) groups is 1. The normalized spacial score (nSPS) is 15.2. The monoisotopic (exact) mass is 498 g/mol. The maximum absolute atomic E-state index is 12.7. The summed E-state index contributed by atoms with van der Waals surface area (Å²) < 4.78 is 12.2. The van der Waals surface area contributed by atoms with Crippen molar-refractivity contribution in [3.05, 3.63) is 107 Å². The average Bonchev–Trinajstić information content (AvgIpc) is 3.23. The number of aryl methyl sites for hydroxylation is 1. The zero-order valence-corrected chi connectivity index (χ0v) is 21.4. The molecule has 0 aromatic heterocycles. The number of nitrogens with one attached hydrogen (secondary N) is 1. The van der Waals surface area contributed by atoms with E-state index < -0.39 is 0 Å². The van der Waals surface area contributed by atoms with Crippen molar-refractivity contribution in [1.29, 1.82) is 0 Å². The molecule has 1 fully saturated rings. The number of carbonyl (C=O) groups excluding carboxylic acids is 1. The van der Waals surface area contributed by atoms with Crippen molar-refractivity contribution in [3.8, 4) is 11.5 Å². The number of benzene rings is 3. The van der Waals surface area contributed by atoms with Gasteiger partial charge in [0.05, 0.1) is 17.2 Å². The second kappa shape index (κ2) is 12.3. The molecule has 0 aliphatic carbocycles. The molecule has 1 aliphatic rings. The molecule has 1 saturated heterocycles. The van der Waals surface area contributed by atoms with Crippen LogP contribution in [0.1, 0.15) is 36.1 Å². The number of carbonyl (C=O) groups is 1. The van der Waals surface area contributed by atoms with Gasteiger partial charge in [0, 0.05) is 5.56 Å². The van der Waals surface area contributed by atoms with Gasteiger partial charge in [0.1, 0.15) is 6.61 Å². The highest BCUT2D eigenvalue weighted by molar-refractivity contribution is 8.18. The van der Waals surface area contributed by atoms with E-state index in [0.29, 0.717) is 41.2 Å². The molecular weight excluding hydrogens is 468 g/mol. The van der Waals surface area contributed by atoms with Crippen LogP contribution < -0.4 is 14.8 Å². The van der Waals surface area contributed by atoms with Crippen molar-refractivity contribution >= 4 is 34.6 Å². The van der Waals surface area contributed by atoms with Gasteiger partial charge >= 0.3 is 0 Å². The summed E-state index contributed by atoms with van der Waals surface area (Å²) in [5, 5.41) is 3.43. The highest BCUT2D eigenvalue weighted by Crippen LogP contribution is 2.36. The maximum atomic E-state index is 12.7. The quantitative estimate of drug-likeness (QED) is 0.245. The topological polar surface area (TPSA) is 59.9 Å². The summed E-state index contributed by atoms with van der Waals surface area (Å²) in [7, 11) is 0. The molecule has 1 amide bonds. The fourth-order valence-corrected chi connectivity index (χ4v) is 4.63. The molecule has 0 atom stereocenters. The molecule has 1 aliphatic heterocycles. The van der Waals surface area contributed by atoms with Crippen LogP contribution in [0.2, 0.25) is 0 Å². The summed E-state index contributed by atoms with van der Waals surface area (Å²) in [5.74, 6) is 1.17. The second-order valence-corrected chi connectivity index (χ2v) is 9.24. The summed E-state index contributed by atoms with van der Waals surface area (Å²) in [5.41, 5.74) is 4.94. The van der Waals surface area contributed by atoms with Gasteiger partial charge in [-0.2, -0.15) is 0 Å². The van der Waals surface area contributed by atoms with Crippen molar-refractivity contribution in [2.75, 3.05) is 6.61 Å². The SMILES string of the molecule is C=CCc1cc(/C=C2\SC(=Nc3ccc(CC)cc3)NC2=O)cc(OCC)c1OCc1ccccc1. The number of ether oxygens (including phenoxy) is 2. The van der Waals surface area contributed by atoms with Crippen molar-refractivity contribution in [2.45, 2.75) is 33.3 Å². The van der Waals surface area contributed by atoms with Crippen LogP contribution in [0.5, 0.6) is 11.5 Å². The molecule has 184 valence electrons. The maximum Gasteiger partial charge on any atom is 0.264 e. The summed E-state index contributed by atoms with van der Waals surface area (Å²) in [6.45, 7) is 8.89. The van der Waals surface area contributed by atoms with Gasteiger partial charge < -0.3 is 14.8 Å². The fraction of sp³-hybridized carbons (Fsp3) is 0.200. The minimum absolute atomic E-state index is 0.170. The molecule has 1 heterocycles. The van der Waals surface area contributed by atoms with E-state index in [0.717, 1.165) is 28.8 Å². The van der Waals surface area contributed by atoms with E-state index in [-0.39, 0.29) is 5.91 Å². The van der Waals surface area contributed by atoms with Gasteiger partial charge in [-0.15, -0.1) is 6.58 Å². The lowest BCUT2D eigenvalue weighted by Gasteiger charge is -2.17. The number of rotatable bonds is 10. The summed E-state index contributed by atoms with van der Waals surface area (Å²) in [6, 6.07) is 22.0. The smallest absolute Gasteiger partial charge is 0.264 e. The molecule has 36 heavy (non-hydrogen) atoms. The summed E-state index contributed by atoms with van der Waals surface area (Å²) in [4.78, 5) is 17.8. The minimum Gasteiger partial charge on any atom is -0.490 e. The van der Waals surface area contributed by atoms with E-state index in [4.69, 9.17) is 9.47 Å². The first-order chi connectivity index (χ1) is 17.6. The molecule has 3 aromatic carbocycles. The van der Waals surface area contributed by atoms with Gasteiger partial charge in [0.15, 0.2) is 16.7 Å². The highest BCUT2D eigenvalue weighted by Gasteiger charge is 2.24. The summed E-state index contributed by atoms with van der Waals surface area (Å²) in [6.07, 6.45) is 5.28. The van der Waals surface area contributed by atoms with Gasteiger partial charge in [-0.05, 0) is 78.6 Å².